The van der Waals surface area contributed by atoms with E-state index >= 15 is 0 Å². The van der Waals surface area contributed by atoms with E-state index in [-0.39, 0.29) is 12.5 Å². The van der Waals surface area contributed by atoms with E-state index in [2.05, 4.69) is 12.1 Å². The summed E-state index contributed by atoms with van der Waals surface area (Å²) in [6, 6.07) is 19.3. The number of hydrogen-bond acceptors (Lipinski definition) is 2. The molecule has 3 heteroatoms. The maximum Gasteiger partial charge on any atom is 0.262 e. The lowest BCUT2D eigenvalue weighted by Crippen LogP contribution is -2.14. The van der Waals surface area contributed by atoms with E-state index in [9.17, 15) is 9.90 Å². The molecule has 3 nitrogen and oxygen atoms in total. The van der Waals surface area contributed by atoms with Gasteiger partial charge in [0.2, 0.25) is 0 Å². The first-order valence-corrected chi connectivity index (χ1v) is 7.18. The Kier molecular flexibility index (Phi) is 3.90. The van der Waals surface area contributed by atoms with E-state index in [0.717, 1.165) is 16.7 Å². The summed E-state index contributed by atoms with van der Waals surface area (Å²) in [7, 11) is 0. The van der Waals surface area contributed by atoms with Crippen molar-refractivity contribution in [3.05, 3.63) is 83.7 Å². The molecule has 3 aromatic rings. The number of aliphatic hydroxyl groups excluding tert-OH is 1. The monoisotopic (exact) mass is 291 g/mol. The van der Waals surface area contributed by atoms with Crippen LogP contribution in [0.3, 0.4) is 0 Å². The molecule has 1 N–H and O–H groups in total. The Morgan fingerprint density at radius 3 is 2.50 bits per heavy atom. The van der Waals surface area contributed by atoms with Gasteiger partial charge < -0.3 is 5.11 Å². The topological polar surface area (TPSA) is 42.2 Å². The molecule has 0 atom stereocenters. The van der Waals surface area contributed by atoms with E-state index in [1.54, 1.807) is 18.3 Å². The zero-order valence-electron chi connectivity index (χ0n) is 12.4. The molecule has 3 rings (SSSR count). The second-order valence-corrected chi connectivity index (χ2v) is 5.23. The fourth-order valence-corrected chi connectivity index (χ4v) is 2.62. The molecule has 22 heavy (non-hydrogen) atoms. The van der Waals surface area contributed by atoms with Crippen LogP contribution >= 0.6 is 0 Å². The van der Waals surface area contributed by atoms with Crippen LogP contribution in [0.1, 0.15) is 21.6 Å². The number of carbonyl (C=O) groups is 1. The van der Waals surface area contributed by atoms with Crippen LogP contribution in [0.2, 0.25) is 0 Å². The third-order valence-corrected chi connectivity index (χ3v) is 3.77. The van der Waals surface area contributed by atoms with E-state index in [0.29, 0.717) is 11.3 Å². The Morgan fingerprint density at radius 1 is 1.05 bits per heavy atom. The first-order chi connectivity index (χ1) is 10.7. The number of aromatic nitrogens is 1. The fraction of sp³-hybridized carbons (Fsp3) is 0.105. The molecule has 0 amide bonds. The van der Waals surface area contributed by atoms with Crippen LogP contribution in [0.4, 0.5) is 0 Å². The van der Waals surface area contributed by atoms with Gasteiger partial charge in [0.1, 0.15) is 0 Å². The molecule has 0 spiro atoms. The number of aryl methyl sites for hydroxylation is 1. The van der Waals surface area contributed by atoms with E-state index in [1.807, 2.05) is 43.3 Å². The Bertz CT molecular complexity index is 803. The van der Waals surface area contributed by atoms with Gasteiger partial charge >= 0.3 is 0 Å². The highest BCUT2D eigenvalue weighted by Gasteiger charge is 2.13. The number of carbonyl (C=O) groups excluding carboxylic acids is 1. The molecule has 0 fully saturated rings. The summed E-state index contributed by atoms with van der Waals surface area (Å²) in [5, 5.41) is 9.28. The minimum atomic E-state index is -0.153. The average molecular weight is 291 g/mol. The largest absolute Gasteiger partial charge is 0.390 e. The van der Waals surface area contributed by atoms with Crippen LogP contribution in [0, 0.1) is 6.92 Å². The summed E-state index contributed by atoms with van der Waals surface area (Å²) in [6.07, 6.45) is 1.67. The number of aliphatic hydroxyl groups is 1. The molecule has 0 aliphatic rings. The molecular formula is C19H17NO2. The van der Waals surface area contributed by atoms with Crippen LogP contribution in [-0.4, -0.2) is 15.6 Å². The Balaban J connectivity index is 1.97. The van der Waals surface area contributed by atoms with E-state index in [1.165, 1.54) is 4.57 Å². The zero-order valence-corrected chi connectivity index (χ0v) is 12.4. The molecule has 0 aliphatic carbocycles. The van der Waals surface area contributed by atoms with Crippen LogP contribution in [-0.2, 0) is 6.61 Å². The molecule has 110 valence electrons. The molecule has 0 radical (unpaired) electrons. The van der Waals surface area contributed by atoms with Crippen molar-refractivity contribution in [3.8, 4) is 11.1 Å². The van der Waals surface area contributed by atoms with Crippen molar-refractivity contribution < 1.29 is 9.90 Å². The van der Waals surface area contributed by atoms with Crippen LogP contribution in [0.5, 0.6) is 0 Å². The molecule has 1 aromatic heterocycles. The summed E-state index contributed by atoms with van der Waals surface area (Å²) >= 11 is 0. The van der Waals surface area contributed by atoms with E-state index in [4.69, 9.17) is 0 Å². The third-order valence-electron chi connectivity index (χ3n) is 3.77. The van der Waals surface area contributed by atoms with Gasteiger partial charge in [0, 0.05) is 11.8 Å². The molecule has 1 heterocycles. The highest BCUT2D eigenvalue weighted by molar-refractivity contribution is 5.97. The summed E-state index contributed by atoms with van der Waals surface area (Å²) in [5.74, 6) is -0.128. The standard InChI is InChI=1S/C19H17NO2/c1-14-12-16(19(22)20-11-5-8-17(20)13-21)9-10-18(14)15-6-3-2-4-7-15/h2-12,21H,13H2,1H3. The molecule has 0 unspecified atom stereocenters. The molecule has 0 bridgehead atoms. The average Bonchev–Trinajstić information content (AvgIpc) is 3.03. The molecule has 2 aromatic carbocycles. The minimum absolute atomic E-state index is 0.128. The summed E-state index contributed by atoms with van der Waals surface area (Å²) < 4.78 is 1.48. The third kappa shape index (κ3) is 2.59. The highest BCUT2D eigenvalue weighted by Crippen LogP contribution is 2.24. The minimum Gasteiger partial charge on any atom is -0.390 e. The fourth-order valence-electron chi connectivity index (χ4n) is 2.62. The van der Waals surface area contributed by atoms with Crippen molar-refractivity contribution in [2.24, 2.45) is 0 Å². The predicted octanol–water partition coefficient (Wildman–Crippen LogP) is 3.64. The molecule has 0 saturated carbocycles. The van der Waals surface area contributed by atoms with Crippen molar-refractivity contribution in [3.63, 3.8) is 0 Å². The van der Waals surface area contributed by atoms with Crippen LogP contribution in [0.15, 0.2) is 66.9 Å². The lowest BCUT2D eigenvalue weighted by Gasteiger charge is -2.10. The number of benzene rings is 2. The normalized spacial score (nSPS) is 10.6. The first kappa shape index (κ1) is 14.3. The van der Waals surface area contributed by atoms with Crippen molar-refractivity contribution in [2.75, 3.05) is 0 Å². The quantitative estimate of drug-likeness (QED) is 0.800. The number of nitrogens with zero attached hydrogens (tertiary/aromatic N) is 1. The van der Waals surface area contributed by atoms with Gasteiger partial charge in [-0.05, 0) is 47.9 Å². The lowest BCUT2D eigenvalue weighted by molar-refractivity contribution is 0.0951. The van der Waals surface area contributed by atoms with Gasteiger partial charge in [0.15, 0.2) is 0 Å². The van der Waals surface area contributed by atoms with Gasteiger partial charge in [-0.25, -0.2) is 0 Å². The molecular weight excluding hydrogens is 274 g/mol. The Hall–Kier alpha value is -2.65. The zero-order chi connectivity index (χ0) is 15.5. The number of hydrogen-bond donors (Lipinski definition) is 1. The predicted molar refractivity (Wildman–Crippen MR) is 86.7 cm³/mol. The van der Waals surface area contributed by atoms with Gasteiger partial charge in [-0.3, -0.25) is 9.36 Å². The van der Waals surface area contributed by atoms with E-state index < -0.39 is 0 Å². The SMILES string of the molecule is Cc1cc(C(=O)n2cccc2CO)ccc1-c1ccccc1. The van der Waals surface area contributed by atoms with Crippen molar-refractivity contribution in [1.29, 1.82) is 0 Å². The van der Waals surface area contributed by atoms with Crippen molar-refractivity contribution >= 4 is 5.91 Å². The van der Waals surface area contributed by atoms with Crippen LogP contribution in [0.25, 0.3) is 11.1 Å². The van der Waals surface area contributed by atoms with Gasteiger partial charge in [-0.15, -0.1) is 0 Å². The van der Waals surface area contributed by atoms with Gasteiger partial charge in [-0.1, -0.05) is 36.4 Å². The van der Waals surface area contributed by atoms with Crippen molar-refractivity contribution in [1.82, 2.24) is 4.57 Å². The summed E-state index contributed by atoms with van der Waals surface area (Å²) in [5.41, 5.74) is 4.51. The van der Waals surface area contributed by atoms with Gasteiger partial charge in [-0.2, -0.15) is 0 Å². The Morgan fingerprint density at radius 2 is 1.82 bits per heavy atom. The van der Waals surface area contributed by atoms with Gasteiger partial charge in [0.05, 0.1) is 12.3 Å². The highest BCUT2D eigenvalue weighted by atomic mass is 16.3. The first-order valence-electron chi connectivity index (χ1n) is 7.18. The second-order valence-electron chi connectivity index (χ2n) is 5.23. The lowest BCUT2D eigenvalue weighted by atomic mass is 9.98. The smallest absolute Gasteiger partial charge is 0.262 e. The molecule has 0 aliphatic heterocycles. The summed E-state index contributed by atoms with van der Waals surface area (Å²) in [4.78, 5) is 12.5. The number of rotatable bonds is 3. The summed E-state index contributed by atoms with van der Waals surface area (Å²) in [6.45, 7) is 1.85. The maximum atomic E-state index is 12.5. The van der Waals surface area contributed by atoms with Crippen LogP contribution < -0.4 is 0 Å². The Labute approximate surface area is 129 Å². The maximum absolute atomic E-state index is 12.5. The molecule has 0 saturated heterocycles. The van der Waals surface area contributed by atoms with Crippen molar-refractivity contribution in [2.45, 2.75) is 13.5 Å². The van der Waals surface area contributed by atoms with Gasteiger partial charge in [0.25, 0.3) is 5.91 Å². The second kappa shape index (κ2) is 6.00.